The van der Waals surface area contributed by atoms with E-state index in [1.807, 2.05) is 61.8 Å². The molecule has 0 bridgehead atoms. The van der Waals surface area contributed by atoms with Crippen molar-refractivity contribution in [2.24, 2.45) is 0 Å². The van der Waals surface area contributed by atoms with E-state index in [1.165, 1.54) is 0 Å². The van der Waals surface area contributed by atoms with Crippen molar-refractivity contribution in [1.29, 1.82) is 0 Å². The Hall–Kier alpha value is -3.25. The number of aromatic carboxylic acids is 1. The summed E-state index contributed by atoms with van der Waals surface area (Å²) in [5, 5.41) is 9.45. The lowest BCUT2D eigenvalue weighted by molar-refractivity contribution is 0.0697. The first-order valence-corrected chi connectivity index (χ1v) is 7.23. The van der Waals surface area contributed by atoms with Crippen molar-refractivity contribution in [1.82, 2.24) is 4.57 Å². The highest BCUT2D eigenvalue weighted by molar-refractivity contribution is 5.93. The van der Waals surface area contributed by atoms with Gasteiger partial charge in [0, 0.05) is 23.5 Å². The fraction of sp³-hybridized carbons (Fsp3) is 0.0500. The molecule has 3 rings (SSSR count). The van der Waals surface area contributed by atoms with E-state index in [9.17, 15) is 9.90 Å². The highest BCUT2D eigenvalue weighted by Gasteiger charge is 2.14. The minimum Gasteiger partial charge on any atom is -0.478 e. The number of carbonyl (C=O) groups is 1. The zero-order chi connectivity index (χ0) is 16.2. The van der Waals surface area contributed by atoms with Crippen LogP contribution in [-0.4, -0.2) is 15.6 Å². The van der Waals surface area contributed by atoms with Gasteiger partial charge < -0.3 is 9.67 Å². The summed E-state index contributed by atoms with van der Waals surface area (Å²) in [7, 11) is 0. The number of rotatable bonds is 2. The van der Waals surface area contributed by atoms with Crippen molar-refractivity contribution in [2.75, 3.05) is 0 Å². The summed E-state index contributed by atoms with van der Waals surface area (Å²) >= 11 is 0. The first kappa shape index (κ1) is 14.7. The van der Waals surface area contributed by atoms with Crippen LogP contribution in [0.3, 0.4) is 0 Å². The zero-order valence-corrected chi connectivity index (χ0v) is 12.7. The zero-order valence-electron chi connectivity index (χ0n) is 12.7. The van der Waals surface area contributed by atoms with E-state index in [0.717, 1.165) is 11.1 Å². The molecule has 1 N–H and O–H groups in total. The molecule has 3 heteroatoms. The number of hydrogen-bond donors (Lipinski definition) is 1. The maximum absolute atomic E-state index is 11.5. The number of benzene rings is 2. The van der Waals surface area contributed by atoms with Crippen molar-refractivity contribution < 1.29 is 9.90 Å². The Morgan fingerprint density at radius 2 is 1.74 bits per heavy atom. The Labute approximate surface area is 134 Å². The van der Waals surface area contributed by atoms with Gasteiger partial charge in [-0.05, 0) is 48.9 Å². The highest BCUT2D eigenvalue weighted by atomic mass is 16.4. The molecule has 0 aliphatic carbocycles. The second-order valence-corrected chi connectivity index (χ2v) is 5.22. The number of nitrogens with zero attached hydrogens (tertiary/aromatic N) is 1. The fourth-order valence-electron chi connectivity index (χ4n) is 2.44. The van der Waals surface area contributed by atoms with E-state index in [1.54, 1.807) is 16.7 Å². The Bertz CT molecular complexity index is 912. The van der Waals surface area contributed by atoms with E-state index in [-0.39, 0.29) is 5.56 Å². The summed E-state index contributed by atoms with van der Waals surface area (Å²) in [4.78, 5) is 11.5. The number of carboxylic acids is 1. The molecule has 2 aromatic carbocycles. The maximum Gasteiger partial charge on any atom is 0.337 e. The molecule has 0 saturated heterocycles. The Morgan fingerprint density at radius 1 is 1.00 bits per heavy atom. The lowest BCUT2D eigenvalue weighted by atomic mass is 10.1. The van der Waals surface area contributed by atoms with E-state index in [0.29, 0.717) is 11.3 Å². The normalized spacial score (nSPS) is 9.96. The van der Waals surface area contributed by atoms with Gasteiger partial charge in [0.05, 0.1) is 11.3 Å². The lowest BCUT2D eigenvalue weighted by Crippen LogP contribution is -2.06. The first-order valence-electron chi connectivity index (χ1n) is 7.23. The monoisotopic (exact) mass is 301 g/mol. The molecule has 0 aliphatic rings. The van der Waals surface area contributed by atoms with Crippen molar-refractivity contribution >= 4 is 5.97 Å². The molecule has 0 atom stereocenters. The Morgan fingerprint density at radius 3 is 2.43 bits per heavy atom. The molecule has 0 amide bonds. The molecule has 0 aliphatic heterocycles. The average Bonchev–Trinajstić information content (AvgIpc) is 3.06. The van der Waals surface area contributed by atoms with Crippen LogP contribution >= 0.6 is 0 Å². The van der Waals surface area contributed by atoms with Gasteiger partial charge in [-0.3, -0.25) is 0 Å². The molecule has 23 heavy (non-hydrogen) atoms. The summed E-state index contributed by atoms with van der Waals surface area (Å²) in [5.74, 6) is 5.26. The number of para-hydroxylation sites is 1. The third-order valence-corrected chi connectivity index (χ3v) is 3.49. The summed E-state index contributed by atoms with van der Waals surface area (Å²) in [6.07, 6.45) is 3.64. The van der Waals surface area contributed by atoms with Crippen LogP contribution < -0.4 is 0 Å². The number of aromatic nitrogens is 1. The van der Waals surface area contributed by atoms with Gasteiger partial charge >= 0.3 is 5.97 Å². The van der Waals surface area contributed by atoms with Crippen LogP contribution in [0.5, 0.6) is 0 Å². The average molecular weight is 301 g/mol. The van der Waals surface area contributed by atoms with E-state index < -0.39 is 5.97 Å². The van der Waals surface area contributed by atoms with Crippen LogP contribution in [0, 0.1) is 18.8 Å². The largest absolute Gasteiger partial charge is 0.478 e. The van der Waals surface area contributed by atoms with Gasteiger partial charge in [-0.15, -0.1) is 0 Å². The SMILES string of the molecule is Cc1cccc(C#Cc2cccc(C(=O)O)c2-n2cccc2)c1. The molecular formula is C20H15NO2. The lowest BCUT2D eigenvalue weighted by Gasteiger charge is -2.10. The Balaban J connectivity index is 2.14. The molecule has 1 heterocycles. The molecule has 0 fully saturated rings. The summed E-state index contributed by atoms with van der Waals surface area (Å²) in [6, 6.07) is 16.8. The van der Waals surface area contributed by atoms with Crippen LogP contribution in [0.15, 0.2) is 67.0 Å². The third-order valence-electron chi connectivity index (χ3n) is 3.49. The van der Waals surface area contributed by atoms with Gasteiger partial charge in [0.25, 0.3) is 0 Å². The molecule has 3 aromatic rings. The molecular weight excluding hydrogens is 286 g/mol. The number of carboxylic acid groups (broad SMARTS) is 1. The highest BCUT2D eigenvalue weighted by Crippen LogP contribution is 2.20. The molecule has 0 radical (unpaired) electrons. The van der Waals surface area contributed by atoms with Crippen molar-refractivity contribution in [3.05, 3.63) is 89.2 Å². The predicted octanol–water partition coefficient (Wildman–Crippen LogP) is 3.88. The number of hydrogen-bond acceptors (Lipinski definition) is 1. The maximum atomic E-state index is 11.5. The van der Waals surface area contributed by atoms with Crippen molar-refractivity contribution in [3.63, 3.8) is 0 Å². The molecule has 3 nitrogen and oxygen atoms in total. The van der Waals surface area contributed by atoms with Gasteiger partial charge in [0.1, 0.15) is 0 Å². The third kappa shape index (κ3) is 3.17. The van der Waals surface area contributed by atoms with Crippen LogP contribution in [0.4, 0.5) is 0 Å². The predicted molar refractivity (Wildman–Crippen MR) is 89.9 cm³/mol. The van der Waals surface area contributed by atoms with E-state index in [2.05, 4.69) is 11.8 Å². The molecule has 0 spiro atoms. The van der Waals surface area contributed by atoms with E-state index in [4.69, 9.17) is 0 Å². The molecule has 1 aromatic heterocycles. The van der Waals surface area contributed by atoms with Crippen molar-refractivity contribution in [2.45, 2.75) is 6.92 Å². The quantitative estimate of drug-likeness (QED) is 0.730. The van der Waals surface area contributed by atoms with Crippen LogP contribution in [0.25, 0.3) is 5.69 Å². The van der Waals surface area contributed by atoms with Gasteiger partial charge in [-0.1, -0.05) is 30.0 Å². The summed E-state index contributed by atoms with van der Waals surface area (Å²) in [5.41, 5.74) is 3.55. The second-order valence-electron chi connectivity index (χ2n) is 5.22. The van der Waals surface area contributed by atoms with Gasteiger partial charge in [-0.2, -0.15) is 0 Å². The molecule has 0 saturated carbocycles. The Kier molecular flexibility index (Phi) is 3.99. The van der Waals surface area contributed by atoms with Crippen LogP contribution in [0.1, 0.15) is 27.0 Å². The second kappa shape index (κ2) is 6.25. The summed E-state index contributed by atoms with van der Waals surface area (Å²) < 4.78 is 1.78. The summed E-state index contributed by atoms with van der Waals surface area (Å²) in [6.45, 7) is 2.02. The van der Waals surface area contributed by atoms with Gasteiger partial charge in [-0.25, -0.2) is 4.79 Å². The standard InChI is InChI=1S/C20H15NO2/c1-15-6-4-7-16(14-15)10-11-17-8-5-9-18(20(22)23)19(17)21-12-2-3-13-21/h2-9,12-14H,1H3,(H,22,23). The topological polar surface area (TPSA) is 42.2 Å². The van der Waals surface area contributed by atoms with Gasteiger partial charge in [0.15, 0.2) is 0 Å². The van der Waals surface area contributed by atoms with Crippen molar-refractivity contribution in [3.8, 4) is 17.5 Å². The van der Waals surface area contributed by atoms with Crippen LogP contribution in [0.2, 0.25) is 0 Å². The molecule has 0 unspecified atom stereocenters. The fourth-order valence-corrected chi connectivity index (χ4v) is 2.44. The number of aryl methyl sites for hydroxylation is 1. The first-order chi connectivity index (χ1) is 11.1. The minimum atomic E-state index is -0.965. The molecule has 112 valence electrons. The smallest absolute Gasteiger partial charge is 0.337 e. The van der Waals surface area contributed by atoms with Crippen LogP contribution in [-0.2, 0) is 0 Å². The van der Waals surface area contributed by atoms with Gasteiger partial charge in [0.2, 0.25) is 0 Å². The van der Waals surface area contributed by atoms with E-state index >= 15 is 0 Å². The minimum absolute atomic E-state index is 0.234.